The molecule has 106 valence electrons. The standard InChI is InChI=1S/C14H28N2O2/c1-11(2)9-16-8-7-12(3)15(4)10-13(16)5-6-14(17)18/h11-13H,5-10H2,1-4H3,(H,17,18). The molecule has 0 aromatic rings. The molecule has 1 saturated heterocycles. The van der Waals surface area contributed by atoms with Crippen molar-refractivity contribution in [2.45, 2.75) is 52.1 Å². The molecule has 2 unspecified atom stereocenters. The highest BCUT2D eigenvalue weighted by atomic mass is 16.4. The first-order valence-corrected chi connectivity index (χ1v) is 7.06. The molecule has 1 heterocycles. The predicted molar refractivity (Wildman–Crippen MR) is 73.8 cm³/mol. The molecule has 2 atom stereocenters. The minimum atomic E-state index is -0.681. The van der Waals surface area contributed by atoms with Crippen LogP contribution in [0.2, 0.25) is 0 Å². The summed E-state index contributed by atoms with van der Waals surface area (Å²) in [6.07, 6.45) is 2.22. The summed E-state index contributed by atoms with van der Waals surface area (Å²) in [4.78, 5) is 15.6. The third-order valence-electron chi connectivity index (χ3n) is 3.89. The average molecular weight is 256 g/mol. The van der Waals surface area contributed by atoms with Crippen molar-refractivity contribution in [3.63, 3.8) is 0 Å². The quantitative estimate of drug-likeness (QED) is 0.816. The third kappa shape index (κ3) is 4.94. The fraction of sp³-hybridized carbons (Fsp3) is 0.929. The molecule has 4 heteroatoms. The Hall–Kier alpha value is -0.610. The number of rotatable bonds is 5. The molecule has 0 radical (unpaired) electrons. The number of likely N-dealkylation sites (N-methyl/N-ethyl adjacent to an activating group) is 1. The van der Waals surface area contributed by atoms with E-state index in [0.717, 1.165) is 26.1 Å². The molecule has 1 rings (SSSR count). The summed E-state index contributed by atoms with van der Waals surface area (Å²) >= 11 is 0. The minimum absolute atomic E-state index is 0.279. The zero-order valence-electron chi connectivity index (χ0n) is 12.2. The highest BCUT2D eigenvalue weighted by Crippen LogP contribution is 2.18. The monoisotopic (exact) mass is 256 g/mol. The van der Waals surface area contributed by atoms with E-state index in [4.69, 9.17) is 5.11 Å². The number of carboxylic acids is 1. The molecule has 0 bridgehead atoms. The maximum Gasteiger partial charge on any atom is 0.303 e. The second-order valence-electron chi connectivity index (χ2n) is 6.05. The van der Waals surface area contributed by atoms with Gasteiger partial charge in [-0.1, -0.05) is 13.8 Å². The van der Waals surface area contributed by atoms with Crippen LogP contribution in [0.3, 0.4) is 0 Å². The van der Waals surface area contributed by atoms with Crippen LogP contribution in [0, 0.1) is 5.92 Å². The van der Waals surface area contributed by atoms with Gasteiger partial charge in [0.05, 0.1) is 0 Å². The van der Waals surface area contributed by atoms with Gasteiger partial charge in [0.15, 0.2) is 0 Å². The highest BCUT2D eigenvalue weighted by molar-refractivity contribution is 5.66. The summed E-state index contributed by atoms with van der Waals surface area (Å²) in [7, 11) is 2.15. The lowest BCUT2D eigenvalue weighted by Gasteiger charge is -2.32. The maximum atomic E-state index is 10.8. The van der Waals surface area contributed by atoms with Gasteiger partial charge in [0.2, 0.25) is 0 Å². The van der Waals surface area contributed by atoms with Crippen LogP contribution in [-0.4, -0.2) is 59.6 Å². The molecule has 0 aromatic heterocycles. The van der Waals surface area contributed by atoms with Crippen molar-refractivity contribution in [3.05, 3.63) is 0 Å². The number of carbonyl (C=O) groups is 1. The van der Waals surface area contributed by atoms with Crippen LogP contribution in [0.25, 0.3) is 0 Å². The van der Waals surface area contributed by atoms with Gasteiger partial charge in [0, 0.05) is 31.6 Å². The minimum Gasteiger partial charge on any atom is -0.481 e. The molecule has 0 amide bonds. The molecule has 0 aliphatic carbocycles. The molecule has 0 saturated carbocycles. The Morgan fingerprint density at radius 2 is 2.11 bits per heavy atom. The first-order chi connectivity index (χ1) is 8.40. The van der Waals surface area contributed by atoms with Crippen molar-refractivity contribution >= 4 is 5.97 Å². The van der Waals surface area contributed by atoms with E-state index >= 15 is 0 Å². The maximum absolute atomic E-state index is 10.8. The summed E-state index contributed by atoms with van der Waals surface area (Å²) < 4.78 is 0. The molecule has 1 N–H and O–H groups in total. The molecule has 1 fully saturated rings. The van der Waals surface area contributed by atoms with Crippen LogP contribution in [0.1, 0.15) is 40.0 Å². The van der Waals surface area contributed by atoms with E-state index in [2.05, 4.69) is 37.6 Å². The van der Waals surface area contributed by atoms with Crippen molar-refractivity contribution in [2.24, 2.45) is 5.92 Å². The largest absolute Gasteiger partial charge is 0.481 e. The zero-order valence-corrected chi connectivity index (χ0v) is 12.2. The van der Waals surface area contributed by atoms with E-state index in [1.165, 1.54) is 6.42 Å². The molecule has 1 aliphatic rings. The average Bonchev–Trinajstić information content (AvgIpc) is 2.39. The Morgan fingerprint density at radius 3 is 2.67 bits per heavy atom. The number of aliphatic carboxylic acids is 1. The van der Waals surface area contributed by atoms with Crippen LogP contribution >= 0.6 is 0 Å². The topological polar surface area (TPSA) is 43.8 Å². The van der Waals surface area contributed by atoms with Gasteiger partial charge < -0.3 is 10.0 Å². The van der Waals surface area contributed by atoms with Gasteiger partial charge in [0.25, 0.3) is 0 Å². The van der Waals surface area contributed by atoms with E-state index in [-0.39, 0.29) is 6.42 Å². The molecule has 4 nitrogen and oxygen atoms in total. The van der Waals surface area contributed by atoms with Crippen LogP contribution in [0.15, 0.2) is 0 Å². The predicted octanol–water partition coefficient (Wildman–Crippen LogP) is 1.90. The molecular weight excluding hydrogens is 228 g/mol. The van der Waals surface area contributed by atoms with E-state index in [0.29, 0.717) is 18.0 Å². The summed E-state index contributed by atoms with van der Waals surface area (Å²) in [6.45, 7) is 9.87. The van der Waals surface area contributed by atoms with Crippen molar-refractivity contribution < 1.29 is 9.90 Å². The van der Waals surface area contributed by atoms with E-state index in [1.807, 2.05) is 0 Å². The highest BCUT2D eigenvalue weighted by Gasteiger charge is 2.27. The van der Waals surface area contributed by atoms with Gasteiger partial charge in [-0.25, -0.2) is 0 Å². The second-order valence-corrected chi connectivity index (χ2v) is 6.05. The molecule has 0 aromatic carbocycles. The Kier molecular flexibility index (Phi) is 6.09. The lowest BCUT2D eigenvalue weighted by atomic mass is 10.1. The summed E-state index contributed by atoms with van der Waals surface area (Å²) in [5.41, 5.74) is 0. The Morgan fingerprint density at radius 1 is 1.44 bits per heavy atom. The third-order valence-corrected chi connectivity index (χ3v) is 3.89. The normalized spacial score (nSPS) is 27.4. The van der Waals surface area contributed by atoms with Crippen molar-refractivity contribution in [3.8, 4) is 0 Å². The van der Waals surface area contributed by atoms with E-state index in [1.54, 1.807) is 0 Å². The fourth-order valence-electron chi connectivity index (χ4n) is 2.66. The molecule has 18 heavy (non-hydrogen) atoms. The van der Waals surface area contributed by atoms with Gasteiger partial charge in [-0.05, 0) is 39.3 Å². The van der Waals surface area contributed by atoms with Gasteiger partial charge >= 0.3 is 5.97 Å². The Balaban J connectivity index is 2.65. The van der Waals surface area contributed by atoms with Crippen molar-refractivity contribution in [1.29, 1.82) is 0 Å². The van der Waals surface area contributed by atoms with Gasteiger partial charge in [-0.2, -0.15) is 0 Å². The van der Waals surface area contributed by atoms with Crippen LogP contribution < -0.4 is 0 Å². The van der Waals surface area contributed by atoms with Crippen molar-refractivity contribution in [2.75, 3.05) is 26.7 Å². The molecule has 0 spiro atoms. The molecular formula is C14H28N2O2. The Labute approximate surface area is 111 Å². The number of hydrogen-bond acceptors (Lipinski definition) is 3. The van der Waals surface area contributed by atoms with Crippen molar-refractivity contribution in [1.82, 2.24) is 9.80 Å². The van der Waals surface area contributed by atoms with E-state index in [9.17, 15) is 4.79 Å². The molecule has 1 aliphatic heterocycles. The summed E-state index contributed by atoms with van der Waals surface area (Å²) in [5, 5.41) is 8.87. The van der Waals surface area contributed by atoms with Gasteiger partial charge in [-0.15, -0.1) is 0 Å². The summed E-state index contributed by atoms with van der Waals surface area (Å²) in [6, 6.07) is 0.980. The number of hydrogen-bond donors (Lipinski definition) is 1. The zero-order chi connectivity index (χ0) is 13.7. The van der Waals surface area contributed by atoms with Gasteiger partial charge in [0.1, 0.15) is 0 Å². The Bertz CT molecular complexity index is 269. The summed E-state index contributed by atoms with van der Waals surface area (Å²) in [5.74, 6) is -0.0458. The van der Waals surface area contributed by atoms with E-state index < -0.39 is 5.97 Å². The van der Waals surface area contributed by atoms with Crippen LogP contribution in [0.4, 0.5) is 0 Å². The van der Waals surface area contributed by atoms with Gasteiger partial charge in [-0.3, -0.25) is 9.69 Å². The van der Waals surface area contributed by atoms with Crippen LogP contribution in [-0.2, 0) is 4.79 Å². The SMILES string of the molecule is CC(C)CN1CCC(C)N(C)CC1CCC(=O)O. The smallest absolute Gasteiger partial charge is 0.303 e. The number of carboxylic acid groups (broad SMARTS) is 1. The lowest BCUT2D eigenvalue weighted by molar-refractivity contribution is -0.137. The first kappa shape index (κ1) is 15.4. The fourth-order valence-corrected chi connectivity index (χ4v) is 2.66. The second kappa shape index (κ2) is 7.10. The van der Waals surface area contributed by atoms with Crippen LogP contribution in [0.5, 0.6) is 0 Å². The lowest BCUT2D eigenvalue weighted by Crippen LogP contribution is -2.42. The number of nitrogens with zero attached hydrogens (tertiary/aromatic N) is 2. The first-order valence-electron chi connectivity index (χ1n) is 7.06.